The van der Waals surface area contributed by atoms with Crippen molar-refractivity contribution < 1.29 is 0 Å². The van der Waals surface area contributed by atoms with Gasteiger partial charge in [-0.25, -0.2) is 0 Å². The summed E-state index contributed by atoms with van der Waals surface area (Å²) in [7, 11) is 0. The van der Waals surface area contributed by atoms with Crippen LogP contribution in [0, 0.1) is 0 Å². The Morgan fingerprint density at radius 2 is 2.08 bits per heavy atom. The number of nitrogens with two attached hydrogens (primary N) is 1. The number of allylic oxidation sites excluding steroid dienone is 7. The van der Waals surface area contributed by atoms with Crippen molar-refractivity contribution >= 4 is 0 Å². The Labute approximate surface area is 81.3 Å². The van der Waals surface area contributed by atoms with Gasteiger partial charge in [0.05, 0.1) is 0 Å². The smallest absolute Gasteiger partial charge is 0.0128 e. The lowest BCUT2D eigenvalue weighted by Crippen LogP contribution is -1.98. The van der Waals surface area contributed by atoms with Gasteiger partial charge in [0.25, 0.3) is 0 Å². The second-order valence-electron chi connectivity index (χ2n) is 2.87. The third kappa shape index (κ3) is 3.79. The predicted molar refractivity (Wildman–Crippen MR) is 60.3 cm³/mol. The van der Waals surface area contributed by atoms with Crippen LogP contribution < -0.4 is 5.73 Å². The summed E-state index contributed by atoms with van der Waals surface area (Å²) < 4.78 is 0. The molecule has 13 heavy (non-hydrogen) atoms. The van der Waals surface area contributed by atoms with Gasteiger partial charge in [-0.15, -0.1) is 0 Å². The molecular formula is C12H19N. The van der Waals surface area contributed by atoms with E-state index in [2.05, 4.69) is 19.6 Å². The fraction of sp³-hybridized carbons (Fsp3) is 0.333. The van der Waals surface area contributed by atoms with E-state index in [1.54, 1.807) is 0 Å². The van der Waals surface area contributed by atoms with Crippen LogP contribution in [0.1, 0.15) is 27.2 Å². The minimum atomic E-state index is 0.831. The molecule has 0 unspecified atom stereocenters. The summed E-state index contributed by atoms with van der Waals surface area (Å²) in [5.74, 6) is 0. The van der Waals surface area contributed by atoms with Crippen molar-refractivity contribution in [1.82, 2.24) is 0 Å². The molecule has 0 saturated heterocycles. The van der Waals surface area contributed by atoms with Crippen LogP contribution in [-0.2, 0) is 0 Å². The second kappa shape index (κ2) is 6.30. The normalized spacial score (nSPS) is 14.5. The highest BCUT2D eigenvalue weighted by atomic mass is 14.6. The molecular weight excluding hydrogens is 158 g/mol. The Morgan fingerprint density at radius 3 is 2.38 bits per heavy atom. The van der Waals surface area contributed by atoms with Crippen molar-refractivity contribution in [2.75, 3.05) is 0 Å². The third-order valence-electron chi connectivity index (χ3n) is 1.71. The van der Waals surface area contributed by atoms with Gasteiger partial charge in [0.1, 0.15) is 0 Å². The summed E-state index contributed by atoms with van der Waals surface area (Å²) in [5.41, 5.74) is 8.78. The molecule has 0 aliphatic carbocycles. The fourth-order valence-corrected chi connectivity index (χ4v) is 1.15. The van der Waals surface area contributed by atoms with Gasteiger partial charge >= 0.3 is 0 Å². The first-order valence-corrected chi connectivity index (χ1v) is 4.59. The molecule has 2 N–H and O–H groups in total. The molecule has 0 amide bonds. The van der Waals surface area contributed by atoms with Gasteiger partial charge in [-0.05, 0) is 31.4 Å². The van der Waals surface area contributed by atoms with E-state index in [0.717, 1.165) is 23.3 Å². The molecule has 1 nitrogen and oxygen atoms in total. The van der Waals surface area contributed by atoms with Gasteiger partial charge in [-0.3, -0.25) is 0 Å². The molecule has 0 aromatic heterocycles. The fourth-order valence-electron chi connectivity index (χ4n) is 1.15. The molecule has 1 heteroatoms. The van der Waals surface area contributed by atoms with Crippen molar-refractivity contribution in [3.63, 3.8) is 0 Å². The molecule has 0 aliphatic rings. The highest BCUT2D eigenvalue weighted by Gasteiger charge is 1.99. The Kier molecular flexibility index (Phi) is 5.69. The summed E-state index contributed by atoms with van der Waals surface area (Å²) >= 11 is 0. The van der Waals surface area contributed by atoms with E-state index in [1.165, 1.54) is 0 Å². The maximum Gasteiger partial charge on any atom is 0.0128 e. The van der Waals surface area contributed by atoms with E-state index in [9.17, 15) is 0 Å². The number of rotatable bonds is 4. The minimum Gasteiger partial charge on any atom is -0.402 e. The molecule has 0 aliphatic heterocycles. The van der Waals surface area contributed by atoms with Crippen LogP contribution in [0.15, 0.2) is 47.7 Å². The summed E-state index contributed by atoms with van der Waals surface area (Å²) in [6.07, 6.45) is 8.96. The predicted octanol–water partition coefficient (Wildman–Crippen LogP) is 3.32. The van der Waals surface area contributed by atoms with E-state index >= 15 is 0 Å². The molecule has 0 aromatic rings. The van der Waals surface area contributed by atoms with Crippen LogP contribution in [0.4, 0.5) is 0 Å². The van der Waals surface area contributed by atoms with Crippen molar-refractivity contribution in [1.29, 1.82) is 0 Å². The highest BCUT2D eigenvalue weighted by Crippen LogP contribution is 2.15. The zero-order valence-electron chi connectivity index (χ0n) is 8.80. The van der Waals surface area contributed by atoms with E-state index in [-0.39, 0.29) is 0 Å². The van der Waals surface area contributed by atoms with Crippen molar-refractivity contribution in [3.05, 3.63) is 47.7 Å². The monoisotopic (exact) mass is 177 g/mol. The Balaban J connectivity index is 5.05. The van der Waals surface area contributed by atoms with Crippen molar-refractivity contribution in [3.8, 4) is 0 Å². The lowest BCUT2D eigenvalue weighted by Gasteiger charge is -2.05. The number of hydrogen-bond donors (Lipinski definition) is 1. The summed E-state index contributed by atoms with van der Waals surface area (Å²) in [5, 5.41) is 0. The van der Waals surface area contributed by atoms with Gasteiger partial charge in [-0.1, -0.05) is 37.8 Å². The summed E-state index contributed by atoms with van der Waals surface area (Å²) in [6.45, 7) is 9.76. The molecule has 0 saturated carbocycles. The highest BCUT2D eigenvalue weighted by molar-refractivity contribution is 5.47. The van der Waals surface area contributed by atoms with E-state index in [0.29, 0.717) is 0 Å². The van der Waals surface area contributed by atoms with Crippen LogP contribution in [0.5, 0.6) is 0 Å². The first-order valence-electron chi connectivity index (χ1n) is 4.59. The summed E-state index contributed by atoms with van der Waals surface area (Å²) in [4.78, 5) is 0. The lowest BCUT2D eigenvalue weighted by molar-refractivity contribution is 1.18. The molecule has 0 aromatic carbocycles. The molecule has 0 heterocycles. The van der Waals surface area contributed by atoms with Gasteiger partial charge in [0, 0.05) is 5.70 Å². The van der Waals surface area contributed by atoms with Crippen LogP contribution in [0.25, 0.3) is 0 Å². The van der Waals surface area contributed by atoms with E-state index in [4.69, 9.17) is 5.73 Å². The van der Waals surface area contributed by atoms with Crippen LogP contribution in [0.2, 0.25) is 0 Å². The summed E-state index contributed by atoms with van der Waals surface area (Å²) in [6, 6.07) is 0. The molecule has 0 atom stereocenters. The zero-order chi connectivity index (χ0) is 10.3. The lowest BCUT2D eigenvalue weighted by atomic mass is 10.0. The van der Waals surface area contributed by atoms with Crippen LogP contribution >= 0.6 is 0 Å². The molecule has 72 valence electrons. The van der Waals surface area contributed by atoms with Gasteiger partial charge in [0.2, 0.25) is 0 Å². The van der Waals surface area contributed by atoms with Crippen LogP contribution in [0.3, 0.4) is 0 Å². The Morgan fingerprint density at radius 1 is 1.46 bits per heavy atom. The van der Waals surface area contributed by atoms with E-state index in [1.807, 2.05) is 32.1 Å². The minimum absolute atomic E-state index is 0.831. The molecule has 0 radical (unpaired) electrons. The second-order valence-corrected chi connectivity index (χ2v) is 2.87. The van der Waals surface area contributed by atoms with Gasteiger partial charge in [-0.2, -0.15) is 0 Å². The SMILES string of the molecule is C=CC(=C/CC)/C(/C=C\C)=C(\C)N. The topological polar surface area (TPSA) is 26.0 Å². The van der Waals surface area contributed by atoms with Gasteiger partial charge < -0.3 is 5.73 Å². The third-order valence-corrected chi connectivity index (χ3v) is 1.71. The maximum absolute atomic E-state index is 5.77. The van der Waals surface area contributed by atoms with Crippen molar-refractivity contribution in [2.24, 2.45) is 5.73 Å². The van der Waals surface area contributed by atoms with Gasteiger partial charge in [0.15, 0.2) is 0 Å². The van der Waals surface area contributed by atoms with Crippen LogP contribution in [-0.4, -0.2) is 0 Å². The van der Waals surface area contributed by atoms with Crippen molar-refractivity contribution in [2.45, 2.75) is 27.2 Å². The number of hydrogen-bond acceptors (Lipinski definition) is 1. The molecule has 0 spiro atoms. The standard InChI is InChI=1S/C12H19N/c1-5-8-11(7-3)12(9-6-2)10(4)13/h6-9H,3,5,13H2,1-2,4H3/b9-6-,11-8-,12-10+. The first kappa shape index (κ1) is 11.8. The molecule has 0 fully saturated rings. The maximum atomic E-state index is 5.77. The molecule has 0 bridgehead atoms. The van der Waals surface area contributed by atoms with E-state index < -0.39 is 0 Å². The molecule has 0 rings (SSSR count). The zero-order valence-corrected chi connectivity index (χ0v) is 8.80. The average molecular weight is 177 g/mol. The largest absolute Gasteiger partial charge is 0.402 e. The first-order chi connectivity index (χ1) is 6.17. The quantitative estimate of drug-likeness (QED) is 0.655. The Bertz CT molecular complexity index is 250. The average Bonchev–Trinajstić information content (AvgIpc) is 2.10. The Hall–Kier alpha value is -1.24.